The van der Waals surface area contributed by atoms with Gasteiger partial charge in [-0.25, -0.2) is 0 Å². The van der Waals surface area contributed by atoms with Gasteiger partial charge in [0.2, 0.25) is 0 Å². The Kier molecular flexibility index (Phi) is 4.24. The summed E-state index contributed by atoms with van der Waals surface area (Å²) in [6.07, 6.45) is 0. The van der Waals surface area contributed by atoms with Gasteiger partial charge in [-0.3, -0.25) is 4.99 Å². The fourth-order valence-electron chi connectivity index (χ4n) is 2.13. The number of nitrogens with zero attached hydrogens (tertiary/aromatic N) is 1. The van der Waals surface area contributed by atoms with Crippen LogP contribution in [-0.2, 0) is 5.41 Å². The van der Waals surface area contributed by atoms with Crippen molar-refractivity contribution in [3.63, 3.8) is 0 Å². The van der Waals surface area contributed by atoms with Gasteiger partial charge in [-0.1, -0.05) is 57.7 Å². The number of hydrogen-bond donors (Lipinski definition) is 1. The minimum atomic E-state index is 0.141. The number of para-hydroxylation sites is 1. The van der Waals surface area contributed by atoms with Gasteiger partial charge in [-0.2, -0.15) is 0 Å². The molecule has 0 bridgehead atoms. The first-order valence-electron chi connectivity index (χ1n) is 6.95. The number of nitrogens with one attached hydrogen (secondary N) is 1. The molecule has 1 heterocycles. The van der Waals surface area contributed by atoms with Crippen molar-refractivity contribution in [1.29, 1.82) is 0 Å². The quantitative estimate of drug-likeness (QED) is 0.815. The lowest BCUT2D eigenvalue weighted by Gasteiger charge is -2.27. The van der Waals surface area contributed by atoms with Gasteiger partial charge in [0.25, 0.3) is 0 Å². The smallest absolute Gasteiger partial charge is 0.161 e. The Labute approximate surface area is 121 Å². The first-order chi connectivity index (χ1) is 8.88. The lowest BCUT2D eigenvalue weighted by molar-refractivity contribution is 0.537. The highest BCUT2D eigenvalue weighted by atomic mass is 32.2. The topological polar surface area (TPSA) is 24.4 Å². The van der Waals surface area contributed by atoms with Crippen molar-refractivity contribution >= 4 is 22.6 Å². The van der Waals surface area contributed by atoms with Crippen LogP contribution >= 0.6 is 11.8 Å². The van der Waals surface area contributed by atoms with E-state index in [-0.39, 0.29) is 5.41 Å². The molecule has 0 aromatic heterocycles. The van der Waals surface area contributed by atoms with Gasteiger partial charge in [0, 0.05) is 11.4 Å². The van der Waals surface area contributed by atoms with Gasteiger partial charge in [0.15, 0.2) is 5.17 Å². The SMILES string of the molecule is CC1CSC(Nc2ccccc2C(C)(C)C)=NC1C. The summed E-state index contributed by atoms with van der Waals surface area (Å²) in [6, 6.07) is 8.93. The van der Waals surface area contributed by atoms with Crippen LogP contribution in [0.5, 0.6) is 0 Å². The first kappa shape index (κ1) is 14.4. The van der Waals surface area contributed by atoms with E-state index in [9.17, 15) is 0 Å². The molecule has 2 atom stereocenters. The lowest BCUT2D eigenvalue weighted by Crippen LogP contribution is -2.26. The predicted molar refractivity (Wildman–Crippen MR) is 87.3 cm³/mol. The molecule has 0 spiro atoms. The van der Waals surface area contributed by atoms with Crippen LogP contribution in [0.2, 0.25) is 0 Å². The fraction of sp³-hybridized carbons (Fsp3) is 0.562. The predicted octanol–water partition coefficient (Wildman–Crippen LogP) is 4.52. The fourth-order valence-corrected chi connectivity index (χ4v) is 3.25. The van der Waals surface area contributed by atoms with Gasteiger partial charge in [0.1, 0.15) is 0 Å². The van der Waals surface area contributed by atoms with E-state index in [1.807, 2.05) is 11.8 Å². The Balaban J connectivity index is 2.23. The third-order valence-corrected chi connectivity index (χ3v) is 4.78. The minimum absolute atomic E-state index is 0.141. The zero-order chi connectivity index (χ0) is 14.0. The van der Waals surface area contributed by atoms with Crippen molar-refractivity contribution in [1.82, 2.24) is 0 Å². The zero-order valence-corrected chi connectivity index (χ0v) is 13.3. The molecule has 2 rings (SSSR count). The molecule has 0 radical (unpaired) electrons. The Bertz CT molecular complexity index is 474. The Morgan fingerprint density at radius 3 is 2.53 bits per heavy atom. The van der Waals surface area contributed by atoms with Crippen LogP contribution in [0.3, 0.4) is 0 Å². The summed E-state index contributed by atoms with van der Waals surface area (Å²) in [6.45, 7) is 11.2. The van der Waals surface area contributed by atoms with Crippen LogP contribution in [0.4, 0.5) is 5.69 Å². The molecule has 19 heavy (non-hydrogen) atoms. The van der Waals surface area contributed by atoms with E-state index >= 15 is 0 Å². The van der Waals surface area contributed by atoms with Crippen LogP contribution in [0, 0.1) is 5.92 Å². The van der Waals surface area contributed by atoms with Crippen molar-refractivity contribution < 1.29 is 0 Å². The maximum atomic E-state index is 4.75. The van der Waals surface area contributed by atoms with E-state index in [1.165, 1.54) is 11.3 Å². The average Bonchev–Trinajstić information content (AvgIpc) is 2.33. The van der Waals surface area contributed by atoms with E-state index < -0.39 is 0 Å². The number of hydrogen-bond acceptors (Lipinski definition) is 3. The van der Waals surface area contributed by atoms with E-state index in [1.54, 1.807) is 0 Å². The Morgan fingerprint density at radius 2 is 1.89 bits per heavy atom. The van der Waals surface area contributed by atoms with Gasteiger partial charge in [0.05, 0.1) is 6.04 Å². The van der Waals surface area contributed by atoms with Crippen molar-refractivity contribution in [2.75, 3.05) is 11.1 Å². The summed E-state index contributed by atoms with van der Waals surface area (Å²) < 4.78 is 0. The van der Waals surface area contributed by atoms with E-state index in [4.69, 9.17) is 4.99 Å². The number of thioether (sulfide) groups is 1. The average molecular weight is 276 g/mol. The molecule has 0 fully saturated rings. The molecular weight excluding hydrogens is 252 g/mol. The second-order valence-electron chi connectivity index (χ2n) is 6.38. The van der Waals surface area contributed by atoms with Gasteiger partial charge in [-0.05, 0) is 29.9 Å². The molecule has 0 aliphatic carbocycles. The molecule has 0 saturated carbocycles. The van der Waals surface area contributed by atoms with Crippen LogP contribution < -0.4 is 5.32 Å². The first-order valence-corrected chi connectivity index (χ1v) is 7.93. The van der Waals surface area contributed by atoms with Crippen LogP contribution in [0.1, 0.15) is 40.2 Å². The number of rotatable bonds is 1. The summed E-state index contributed by atoms with van der Waals surface area (Å²) >= 11 is 1.83. The maximum absolute atomic E-state index is 4.75. The molecular formula is C16H24N2S. The van der Waals surface area contributed by atoms with Crippen molar-refractivity contribution in [3.8, 4) is 0 Å². The molecule has 1 aliphatic rings. The number of aliphatic imine (C=N–C) groups is 1. The molecule has 3 heteroatoms. The third-order valence-electron chi connectivity index (χ3n) is 3.60. The molecule has 1 aliphatic heterocycles. The molecule has 0 saturated heterocycles. The van der Waals surface area contributed by atoms with Crippen LogP contribution in [0.25, 0.3) is 0 Å². The molecule has 104 valence electrons. The summed E-state index contributed by atoms with van der Waals surface area (Å²) in [4.78, 5) is 4.75. The summed E-state index contributed by atoms with van der Waals surface area (Å²) in [7, 11) is 0. The Hall–Kier alpha value is -0.960. The molecule has 1 N–H and O–H groups in total. The van der Waals surface area contributed by atoms with Gasteiger partial charge >= 0.3 is 0 Å². The number of anilines is 1. The number of benzene rings is 1. The Morgan fingerprint density at radius 1 is 1.21 bits per heavy atom. The summed E-state index contributed by atoms with van der Waals surface area (Å²) in [5, 5.41) is 4.58. The second-order valence-corrected chi connectivity index (χ2v) is 7.39. The van der Waals surface area contributed by atoms with E-state index in [2.05, 4.69) is 64.2 Å². The monoisotopic (exact) mass is 276 g/mol. The van der Waals surface area contributed by atoms with Gasteiger partial charge < -0.3 is 5.32 Å². The minimum Gasteiger partial charge on any atom is -0.335 e. The highest BCUT2D eigenvalue weighted by Crippen LogP contribution is 2.31. The highest BCUT2D eigenvalue weighted by molar-refractivity contribution is 8.14. The van der Waals surface area contributed by atoms with Crippen molar-refractivity contribution in [3.05, 3.63) is 29.8 Å². The summed E-state index contributed by atoms with van der Waals surface area (Å²) in [5.41, 5.74) is 2.66. The van der Waals surface area contributed by atoms with E-state index in [0.717, 1.165) is 10.9 Å². The third kappa shape index (κ3) is 3.53. The molecule has 1 aromatic rings. The van der Waals surface area contributed by atoms with Crippen molar-refractivity contribution in [2.45, 2.75) is 46.1 Å². The van der Waals surface area contributed by atoms with E-state index in [0.29, 0.717) is 12.0 Å². The zero-order valence-electron chi connectivity index (χ0n) is 12.5. The normalized spacial score (nSPS) is 23.9. The molecule has 1 aromatic carbocycles. The number of amidine groups is 1. The molecule has 2 nitrogen and oxygen atoms in total. The maximum Gasteiger partial charge on any atom is 0.161 e. The van der Waals surface area contributed by atoms with Crippen molar-refractivity contribution in [2.24, 2.45) is 10.9 Å². The largest absolute Gasteiger partial charge is 0.335 e. The lowest BCUT2D eigenvalue weighted by atomic mass is 9.86. The molecule has 2 unspecified atom stereocenters. The second kappa shape index (κ2) is 5.58. The molecule has 0 amide bonds. The van der Waals surface area contributed by atoms with Gasteiger partial charge in [-0.15, -0.1) is 0 Å². The highest BCUT2D eigenvalue weighted by Gasteiger charge is 2.22. The van der Waals surface area contributed by atoms with Crippen LogP contribution in [-0.4, -0.2) is 17.0 Å². The summed E-state index contributed by atoms with van der Waals surface area (Å²) in [5.74, 6) is 1.80. The standard InChI is InChI=1S/C16H24N2S/c1-11-10-19-15(17-12(11)2)18-14-9-7-6-8-13(14)16(3,4)5/h6-9,11-12H,10H2,1-5H3,(H,17,18). The van der Waals surface area contributed by atoms with Crippen LogP contribution in [0.15, 0.2) is 29.3 Å².